The number of amidine groups is 1. The summed E-state index contributed by atoms with van der Waals surface area (Å²) < 4.78 is 5.05. The summed E-state index contributed by atoms with van der Waals surface area (Å²) in [5.41, 5.74) is 5.85. The van der Waals surface area contributed by atoms with E-state index >= 15 is 0 Å². The lowest BCUT2D eigenvalue weighted by Gasteiger charge is -2.24. The van der Waals surface area contributed by atoms with E-state index in [9.17, 15) is 0 Å². The molecular weight excluding hydrogens is 200 g/mol. The van der Waals surface area contributed by atoms with Crippen LogP contribution in [0.4, 0.5) is 0 Å². The highest BCUT2D eigenvalue weighted by Crippen LogP contribution is 2.27. The van der Waals surface area contributed by atoms with Crippen molar-refractivity contribution in [1.82, 2.24) is 9.97 Å². The van der Waals surface area contributed by atoms with Crippen molar-refractivity contribution >= 4 is 17.6 Å². The fourth-order valence-electron chi connectivity index (χ4n) is 1.04. The normalized spacial score (nSPS) is 16.3. The maximum absolute atomic E-state index is 7.33. The molecular formula is C8H10N4OS. The number of hydrogen-bond donors (Lipinski definition) is 2. The van der Waals surface area contributed by atoms with Gasteiger partial charge in [0.25, 0.3) is 0 Å². The average Bonchev–Trinajstić information content (AvgIpc) is 2.12. The number of aromatic nitrogens is 2. The van der Waals surface area contributed by atoms with Crippen molar-refractivity contribution in [1.29, 1.82) is 5.41 Å². The van der Waals surface area contributed by atoms with Crippen molar-refractivity contribution in [2.75, 3.05) is 13.2 Å². The molecule has 5 nitrogen and oxygen atoms in total. The summed E-state index contributed by atoms with van der Waals surface area (Å²) in [6.07, 6.45) is 3.15. The third-order valence-electron chi connectivity index (χ3n) is 1.81. The highest BCUT2D eigenvalue weighted by Gasteiger charge is 2.22. The fourth-order valence-corrected chi connectivity index (χ4v) is 2.08. The number of nitrogens with one attached hydrogen (secondary N) is 1. The van der Waals surface area contributed by atoms with Gasteiger partial charge in [-0.3, -0.25) is 5.41 Å². The summed E-state index contributed by atoms with van der Waals surface area (Å²) in [5.74, 6) is -0.0409. The molecule has 1 saturated heterocycles. The van der Waals surface area contributed by atoms with Crippen LogP contribution in [0, 0.1) is 5.41 Å². The Morgan fingerprint density at radius 1 is 1.50 bits per heavy atom. The number of nitrogens with two attached hydrogens (primary N) is 1. The molecule has 2 rings (SSSR count). The van der Waals surface area contributed by atoms with Crippen LogP contribution in [-0.2, 0) is 4.74 Å². The average molecular weight is 210 g/mol. The van der Waals surface area contributed by atoms with Crippen molar-refractivity contribution < 1.29 is 4.74 Å². The number of nitrogens with zero attached hydrogens (tertiary/aromatic N) is 2. The third-order valence-corrected chi connectivity index (χ3v) is 2.93. The summed E-state index contributed by atoms with van der Waals surface area (Å²) in [7, 11) is 0. The molecule has 0 unspecified atom stereocenters. The summed E-state index contributed by atoms with van der Waals surface area (Å²) in [5, 5.41) is 8.46. The zero-order valence-electron chi connectivity index (χ0n) is 7.43. The van der Waals surface area contributed by atoms with Gasteiger partial charge >= 0.3 is 0 Å². The topological polar surface area (TPSA) is 84.9 Å². The van der Waals surface area contributed by atoms with Crippen molar-refractivity contribution in [3.05, 3.63) is 18.1 Å². The largest absolute Gasteiger partial charge is 0.382 e. The van der Waals surface area contributed by atoms with E-state index in [1.165, 1.54) is 6.20 Å². The molecule has 3 N–H and O–H groups in total. The molecule has 0 aliphatic carbocycles. The minimum atomic E-state index is -0.0409. The van der Waals surface area contributed by atoms with Gasteiger partial charge in [0.1, 0.15) is 16.6 Å². The SMILES string of the molecule is N=C(N)c1nccnc1SC1COC1. The van der Waals surface area contributed by atoms with Crippen molar-refractivity contribution in [3.63, 3.8) is 0 Å². The van der Waals surface area contributed by atoms with E-state index in [2.05, 4.69) is 9.97 Å². The Bertz CT molecular complexity index is 353. The van der Waals surface area contributed by atoms with Crippen molar-refractivity contribution in [2.45, 2.75) is 10.3 Å². The Hall–Kier alpha value is -1.14. The second-order valence-electron chi connectivity index (χ2n) is 2.90. The molecule has 0 saturated carbocycles. The lowest BCUT2D eigenvalue weighted by molar-refractivity contribution is 0.0454. The van der Waals surface area contributed by atoms with Gasteiger partial charge in [0.05, 0.1) is 18.5 Å². The van der Waals surface area contributed by atoms with E-state index < -0.39 is 0 Å². The molecule has 0 atom stereocenters. The number of rotatable bonds is 3. The molecule has 0 radical (unpaired) electrons. The molecule has 1 fully saturated rings. The van der Waals surface area contributed by atoms with E-state index in [1.54, 1.807) is 18.0 Å². The van der Waals surface area contributed by atoms with Crippen LogP contribution in [0.25, 0.3) is 0 Å². The highest BCUT2D eigenvalue weighted by molar-refractivity contribution is 8.00. The summed E-state index contributed by atoms with van der Waals surface area (Å²) in [6.45, 7) is 1.47. The van der Waals surface area contributed by atoms with Crippen molar-refractivity contribution in [3.8, 4) is 0 Å². The van der Waals surface area contributed by atoms with Crippen LogP contribution in [0.2, 0.25) is 0 Å². The van der Waals surface area contributed by atoms with E-state index in [-0.39, 0.29) is 5.84 Å². The number of thioether (sulfide) groups is 1. The molecule has 0 bridgehead atoms. The molecule has 74 valence electrons. The van der Waals surface area contributed by atoms with E-state index in [1.807, 2.05) is 0 Å². The molecule has 6 heteroatoms. The van der Waals surface area contributed by atoms with Gasteiger partial charge in [-0.2, -0.15) is 0 Å². The molecule has 14 heavy (non-hydrogen) atoms. The monoisotopic (exact) mass is 210 g/mol. The summed E-state index contributed by atoms with van der Waals surface area (Å²) >= 11 is 1.57. The van der Waals surface area contributed by atoms with Gasteiger partial charge in [0.15, 0.2) is 0 Å². The smallest absolute Gasteiger partial charge is 0.144 e. The maximum atomic E-state index is 7.33. The number of hydrogen-bond acceptors (Lipinski definition) is 5. The molecule has 0 amide bonds. The Kier molecular flexibility index (Phi) is 2.64. The molecule has 1 aliphatic heterocycles. The second kappa shape index (κ2) is 3.93. The number of nitrogen functional groups attached to an aromatic ring is 1. The Morgan fingerprint density at radius 3 is 2.79 bits per heavy atom. The van der Waals surface area contributed by atoms with Crippen LogP contribution >= 0.6 is 11.8 Å². The van der Waals surface area contributed by atoms with E-state index in [0.717, 1.165) is 13.2 Å². The first-order chi connectivity index (χ1) is 6.77. The van der Waals surface area contributed by atoms with Crippen LogP contribution in [-0.4, -0.2) is 34.3 Å². The van der Waals surface area contributed by atoms with Crippen molar-refractivity contribution in [2.24, 2.45) is 5.73 Å². The van der Waals surface area contributed by atoms with Gasteiger partial charge in [-0.1, -0.05) is 11.8 Å². The van der Waals surface area contributed by atoms with Crippen LogP contribution < -0.4 is 5.73 Å². The van der Waals surface area contributed by atoms with Gasteiger partial charge < -0.3 is 10.5 Å². The third kappa shape index (κ3) is 1.85. The first kappa shape index (κ1) is 9.42. The Morgan fingerprint density at radius 2 is 2.21 bits per heavy atom. The molecule has 1 aromatic rings. The molecule has 0 spiro atoms. The molecule has 0 aromatic carbocycles. The molecule has 2 heterocycles. The van der Waals surface area contributed by atoms with Crippen LogP contribution in [0.3, 0.4) is 0 Å². The fraction of sp³-hybridized carbons (Fsp3) is 0.375. The first-order valence-corrected chi connectivity index (χ1v) is 5.05. The van der Waals surface area contributed by atoms with Gasteiger partial charge in [-0.05, 0) is 0 Å². The van der Waals surface area contributed by atoms with E-state index in [4.69, 9.17) is 15.9 Å². The van der Waals surface area contributed by atoms with Gasteiger partial charge in [0, 0.05) is 12.4 Å². The minimum Gasteiger partial charge on any atom is -0.382 e. The predicted octanol–water partition coefficient (Wildman–Crippen LogP) is 0.252. The van der Waals surface area contributed by atoms with Crippen LogP contribution in [0.5, 0.6) is 0 Å². The summed E-state index contributed by atoms with van der Waals surface area (Å²) in [4.78, 5) is 8.16. The van der Waals surface area contributed by atoms with Crippen LogP contribution in [0.1, 0.15) is 5.69 Å². The van der Waals surface area contributed by atoms with Gasteiger partial charge in [-0.25, -0.2) is 9.97 Å². The highest BCUT2D eigenvalue weighted by atomic mass is 32.2. The zero-order valence-corrected chi connectivity index (χ0v) is 8.25. The minimum absolute atomic E-state index is 0.0409. The van der Waals surface area contributed by atoms with E-state index in [0.29, 0.717) is 16.0 Å². The first-order valence-electron chi connectivity index (χ1n) is 4.17. The predicted molar refractivity (Wildman–Crippen MR) is 53.5 cm³/mol. The zero-order chi connectivity index (χ0) is 9.97. The lowest BCUT2D eigenvalue weighted by atomic mass is 10.4. The quantitative estimate of drug-likeness (QED) is 0.552. The Balaban J connectivity index is 2.17. The van der Waals surface area contributed by atoms with Crippen LogP contribution in [0.15, 0.2) is 17.4 Å². The number of ether oxygens (including phenoxy) is 1. The Labute approximate surface area is 85.6 Å². The van der Waals surface area contributed by atoms with Gasteiger partial charge in [-0.15, -0.1) is 0 Å². The molecule has 1 aromatic heterocycles. The van der Waals surface area contributed by atoms with Gasteiger partial charge in [0.2, 0.25) is 0 Å². The summed E-state index contributed by atoms with van der Waals surface area (Å²) in [6, 6.07) is 0. The standard InChI is InChI=1S/C8H10N4OS/c9-7(10)6-8(12-2-1-11-6)14-5-3-13-4-5/h1-2,5H,3-4H2,(H3,9,10). The maximum Gasteiger partial charge on any atom is 0.144 e. The second-order valence-corrected chi connectivity index (χ2v) is 4.19. The lowest BCUT2D eigenvalue weighted by Crippen LogP contribution is -2.30. The molecule has 1 aliphatic rings.